The first-order valence-corrected chi connectivity index (χ1v) is 12.2. The topological polar surface area (TPSA) is 144 Å². The van der Waals surface area contributed by atoms with Crippen LogP contribution in [0.1, 0.15) is 64.7 Å². The van der Waals surface area contributed by atoms with Gasteiger partial charge in [-0.3, -0.25) is 19.7 Å². The Balaban J connectivity index is 2.66. The van der Waals surface area contributed by atoms with Crippen LogP contribution in [0.15, 0.2) is 29.2 Å². The predicted octanol–water partition coefficient (Wildman–Crippen LogP) is 3.74. The highest BCUT2D eigenvalue weighted by atomic mass is 32.2. The van der Waals surface area contributed by atoms with Gasteiger partial charge in [0.15, 0.2) is 0 Å². The number of benzene rings is 1. The SMILES string of the molecule is CCCCCCCOC(=O)CCCN(CCCC(=O)O)S(=O)(=O)c1ccc([N+](=O)[O-])cc1. The van der Waals surface area contributed by atoms with Gasteiger partial charge in [-0.05, 0) is 31.4 Å². The van der Waals surface area contributed by atoms with E-state index in [0.717, 1.165) is 60.7 Å². The zero-order valence-electron chi connectivity index (χ0n) is 18.4. The molecule has 180 valence electrons. The maximum atomic E-state index is 13.0. The Morgan fingerprint density at radius 2 is 1.59 bits per heavy atom. The third kappa shape index (κ3) is 10.2. The third-order valence-electron chi connectivity index (χ3n) is 4.78. The van der Waals surface area contributed by atoms with Crippen molar-refractivity contribution in [2.45, 2.75) is 69.6 Å². The molecule has 0 spiro atoms. The van der Waals surface area contributed by atoms with Gasteiger partial charge in [-0.25, -0.2) is 8.42 Å². The number of carboxylic acid groups (broad SMARTS) is 1. The summed E-state index contributed by atoms with van der Waals surface area (Å²) in [4.78, 5) is 32.7. The number of rotatable bonds is 17. The Kier molecular flexibility index (Phi) is 12.5. The van der Waals surface area contributed by atoms with E-state index in [2.05, 4.69) is 6.92 Å². The highest BCUT2D eigenvalue weighted by Gasteiger charge is 2.25. The van der Waals surface area contributed by atoms with E-state index in [1.54, 1.807) is 0 Å². The first-order valence-electron chi connectivity index (χ1n) is 10.8. The number of carbonyl (C=O) groups is 2. The van der Waals surface area contributed by atoms with Crippen LogP contribution >= 0.6 is 0 Å². The summed E-state index contributed by atoms with van der Waals surface area (Å²) in [6.07, 6.45) is 5.32. The minimum Gasteiger partial charge on any atom is -0.481 e. The number of carboxylic acids is 1. The zero-order chi connectivity index (χ0) is 24.0. The summed E-state index contributed by atoms with van der Waals surface area (Å²) in [7, 11) is -4.00. The van der Waals surface area contributed by atoms with Gasteiger partial charge in [0.05, 0.1) is 16.4 Å². The van der Waals surface area contributed by atoms with Crippen LogP contribution in [0.4, 0.5) is 5.69 Å². The van der Waals surface area contributed by atoms with Crippen LogP contribution in [0.25, 0.3) is 0 Å². The molecular weight excluding hydrogens is 440 g/mol. The molecule has 0 heterocycles. The minimum absolute atomic E-state index is 0.00450. The molecule has 0 unspecified atom stereocenters. The summed E-state index contributed by atoms with van der Waals surface area (Å²) >= 11 is 0. The van der Waals surface area contributed by atoms with E-state index in [4.69, 9.17) is 9.84 Å². The average molecular weight is 473 g/mol. The number of unbranched alkanes of at least 4 members (excludes halogenated alkanes) is 4. The number of nitrogens with zero attached hydrogens (tertiary/aromatic N) is 2. The van der Waals surface area contributed by atoms with Gasteiger partial charge < -0.3 is 9.84 Å². The molecule has 0 bridgehead atoms. The zero-order valence-corrected chi connectivity index (χ0v) is 19.2. The second-order valence-corrected chi connectivity index (χ2v) is 9.33. The molecule has 0 radical (unpaired) electrons. The molecule has 0 aromatic heterocycles. The number of ether oxygens (including phenoxy) is 1. The van der Waals surface area contributed by atoms with Crippen molar-refractivity contribution in [3.05, 3.63) is 34.4 Å². The lowest BCUT2D eigenvalue weighted by atomic mass is 10.2. The molecule has 1 N–H and O–H groups in total. The fourth-order valence-corrected chi connectivity index (χ4v) is 4.53. The molecule has 1 aromatic rings. The number of non-ortho nitro benzene ring substituents is 1. The molecule has 1 rings (SSSR count). The summed E-state index contributed by atoms with van der Waals surface area (Å²) in [5, 5.41) is 19.6. The van der Waals surface area contributed by atoms with Crippen molar-refractivity contribution < 1.29 is 32.8 Å². The molecule has 0 atom stereocenters. The summed E-state index contributed by atoms with van der Waals surface area (Å²) in [5.41, 5.74) is -0.237. The van der Waals surface area contributed by atoms with Crippen LogP contribution in [0, 0.1) is 10.1 Å². The van der Waals surface area contributed by atoms with Crippen molar-refractivity contribution >= 4 is 27.6 Å². The van der Waals surface area contributed by atoms with Gasteiger partial charge in [-0.2, -0.15) is 4.31 Å². The van der Waals surface area contributed by atoms with Crippen molar-refractivity contribution in [2.75, 3.05) is 19.7 Å². The van der Waals surface area contributed by atoms with Crippen LogP contribution in [0.5, 0.6) is 0 Å². The van der Waals surface area contributed by atoms with Crippen LogP contribution in [0.3, 0.4) is 0 Å². The monoisotopic (exact) mass is 472 g/mol. The summed E-state index contributed by atoms with van der Waals surface area (Å²) < 4.78 is 32.2. The molecule has 0 amide bonds. The molecule has 0 aliphatic rings. The Bertz CT molecular complexity index is 840. The third-order valence-corrected chi connectivity index (χ3v) is 6.70. The largest absolute Gasteiger partial charge is 0.481 e. The highest BCUT2D eigenvalue weighted by molar-refractivity contribution is 7.89. The van der Waals surface area contributed by atoms with Gasteiger partial charge in [0, 0.05) is 38.1 Å². The molecule has 0 aliphatic carbocycles. The number of nitro benzene ring substituents is 1. The van der Waals surface area contributed by atoms with E-state index in [1.165, 1.54) is 0 Å². The van der Waals surface area contributed by atoms with Crippen LogP contribution in [-0.2, 0) is 24.3 Å². The van der Waals surface area contributed by atoms with Gasteiger partial charge in [-0.1, -0.05) is 32.6 Å². The molecule has 32 heavy (non-hydrogen) atoms. The van der Waals surface area contributed by atoms with Crippen LogP contribution in [-0.4, -0.2) is 54.4 Å². The second-order valence-electron chi connectivity index (χ2n) is 7.39. The Morgan fingerprint density at radius 3 is 2.16 bits per heavy atom. The lowest BCUT2D eigenvalue weighted by molar-refractivity contribution is -0.384. The average Bonchev–Trinajstić information content (AvgIpc) is 2.74. The number of esters is 1. The number of sulfonamides is 1. The van der Waals surface area contributed by atoms with Crippen molar-refractivity contribution in [2.24, 2.45) is 0 Å². The first-order chi connectivity index (χ1) is 15.2. The highest BCUT2D eigenvalue weighted by Crippen LogP contribution is 2.20. The molecule has 1 aromatic carbocycles. The quantitative estimate of drug-likeness (QED) is 0.156. The number of carbonyl (C=O) groups excluding carboxylic acids is 1. The minimum atomic E-state index is -4.00. The normalized spacial score (nSPS) is 11.4. The lowest BCUT2D eigenvalue weighted by Gasteiger charge is -2.22. The number of hydrogen-bond acceptors (Lipinski definition) is 7. The van der Waals surface area contributed by atoms with Crippen LogP contribution in [0.2, 0.25) is 0 Å². The van der Waals surface area contributed by atoms with Gasteiger partial charge in [0.1, 0.15) is 0 Å². The molecule has 0 fully saturated rings. The van der Waals surface area contributed by atoms with E-state index in [0.29, 0.717) is 6.61 Å². The van der Waals surface area contributed by atoms with E-state index in [-0.39, 0.29) is 49.4 Å². The van der Waals surface area contributed by atoms with Crippen molar-refractivity contribution in [1.82, 2.24) is 4.31 Å². The van der Waals surface area contributed by atoms with E-state index >= 15 is 0 Å². The van der Waals surface area contributed by atoms with Crippen molar-refractivity contribution in [1.29, 1.82) is 0 Å². The predicted molar refractivity (Wildman–Crippen MR) is 118 cm³/mol. The maximum Gasteiger partial charge on any atom is 0.305 e. The van der Waals surface area contributed by atoms with E-state index in [1.807, 2.05) is 0 Å². The lowest BCUT2D eigenvalue weighted by Crippen LogP contribution is -2.33. The molecule has 11 heteroatoms. The molecule has 0 saturated heterocycles. The van der Waals surface area contributed by atoms with E-state index in [9.17, 15) is 28.1 Å². The fraction of sp³-hybridized carbons (Fsp3) is 0.619. The maximum absolute atomic E-state index is 13.0. The molecule has 10 nitrogen and oxygen atoms in total. The van der Waals surface area contributed by atoms with Gasteiger partial charge >= 0.3 is 11.9 Å². The number of nitro groups is 1. The van der Waals surface area contributed by atoms with E-state index < -0.39 is 26.9 Å². The smallest absolute Gasteiger partial charge is 0.305 e. The Morgan fingerprint density at radius 1 is 1.00 bits per heavy atom. The Hall–Kier alpha value is -2.53. The summed E-state index contributed by atoms with van der Waals surface area (Å²) in [6, 6.07) is 4.48. The van der Waals surface area contributed by atoms with Crippen molar-refractivity contribution in [3.63, 3.8) is 0 Å². The van der Waals surface area contributed by atoms with Crippen molar-refractivity contribution in [3.8, 4) is 0 Å². The molecule has 0 saturated carbocycles. The fourth-order valence-electron chi connectivity index (χ4n) is 3.01. The second kappa shape index (κ2) is 14.5. The van der Waals surface area contributed by atoms with Gasteiger partial charge in [0.25, 0.3) is 5.69 Å². The van der Waals surface area contributed by atoms with Gasteiger partial charge in [-0.15, -0.1) is 0 Å². The molecular formula is C21H32N2O8S. The van der Waals surface area contributed by atoms with Crippen LogP contribution < -0.4 is 0 Å². The number of aliphatic carboxylic acids is 1. The first kappa shape index (κ1) is 27.5. The summed E-state index contributed by atoms with van der Waals surface area (Å²) in [6.45, 7) is 2.42. The summed E-state index contributed by atoms with van der Waals surface area (Å²) in [5.74, 6) is -1.45. The standard InChI is InChI=1S/C21H32N2O8S/c1-2-3-4-5-6-17-31-21(26)10-8-16-22(15-7-9-20(24)25)32(29,30)19-13-11-18(12-14-19)23(27)28/h11-14H,2-10,15-17H2,1H3,(H,24,25). The van der Waals surface area contributed by atoms with Gasteiger partial charge in [0.2, 0.25) is 10.0 Å². The Labute approximate surface area is 188 Å². The molecule has 0 aliphatic heterocycles. The number of hydrogen-bond donors (Lipinski definition) is 1.